The molecule has 0 saturated heterocycles. The van der Waals surface area contributed by atoms with E-state index in [-0.39, 0.29) is 16.6 Å². The minimum absolute atomic E-state index is 0.0244. The Morgan fingerprint density at radius 3 is 2.68 bits per heavy atom. The summed E-state index contributed by atoms with van der Waals surface area (Å²) in [6.45, 7) is 0. The lowest BCUT2D eigenvalue weighted by Gasteiger charge is -2.07. The fourth-order valence-corrected chi connectivity index (χ4v) is 2.26. The molecule has 0 radical (unpaired) electrons. The number of thioether (sulfide) groups is 1. The molecule has 0 aliphatic rings. The normalized spacial score (nSPS) is 11.2. The largest absolute Gasteiger partial charge is 0.433 e. The number of nitrogens with zero attached hydrogens (tertiary/aromatic N) is 3. The van der Waals surface area contributed by atoms with Gasteiger partial charge < -0.3 is 5.32 Å². The minimum Gasteiger partial charge on any atom is -0.325 e. The first-order chi connectivity index (χ1) is 11.7. The average molecular weight is 376 g/mol. The van der Waals surface area contributed by atoms with E-state index in [4.69, 9.17) is 0 Å². The highest BCUT2D eigenvalue weighted by atomic mass is 32.2. The number of anilines is 1. The number of halogens is 4. The van der Waals surface area contributed by atoms with Crippen molar-refractivity contribution in [3.8, 4) is 0 Å². The van der Waals surface area contributed by atoms with Gasteiger partial charge in [0, 0.05) is 18.0 Å². The molecule has 1 aromatic heterocycles. The van der Waals surface area contributed by atoms with Crippen LogP contribution >= 0.6 is 11.8 Å². The van der Waals surface area contributed by atoms with Gasteiger partial charge in [-0.15, -0.1) is 0 Å². The number of nitrogens with one attached hydrogen (secondary N) is 1. The molecule has 0 unspecified atom stereocenters. The van der Waals surface area contributed by atoms with Crippen LogP contribution in [0.15, 0.2) is 35.6 Å². The summed E-state index contributed by atoms with van der Waals surface area (Å²) in [5, 5.41) is 12.6. The van der Waals surface area contributed by atoms with Crippen molar-refractivity contribution < 1.29 is 27.3 Å². The SMILES string of the molecule is O=C(CSc1nccc(C(F)(F)F)n1)Nc1ccc(F)c([N+](=O)[O-])c1. The van der Waals surface area contributed by atoms with Crippen LogP contribution in [-0.4, -0.2) is 26.6 Å². The number of nitro benzene ring substituents is 1. The molecular formula is C13H8F4N4O3S. The zero-order chi connectivity index (χ0) is 18.6. The second-order valence-electron chi connectivity index (χ2n) is 4.48. The number of amides is 1. The smallest absolute Gasteiger partial charge is 0.325 e. The van der Waals surface area contributed by atoms with E-state index in [0.717, 1.165) is 24.4 Å². The second-order valence-corrected chi connectivity index (χ2v) is 5.42. The van der Waals surface area contributed by atoms with Crippen LogP contribution in [0.4, 0.5) is 28.9 Å². The maximum absolute atomic E-state index is 13.2. The zero-order valence-electron chi connectivity index (χ0n) is 12.1. The fraction of sp³-hybridized carbons (Fsp3) is 0.154. The Morgan fingerprint density at radius 1 is 1.32 bits per heavy atom. The van der Waals surface area contributed by atoms with Crippen LogP contribution in [0.5, 0.6) is 0 Å². The molecule has 2 aromatic rings. The van der Waals surface area contributed by atoms with E-state index in [1.54, 1.807) is 0 Å². The van der Waals surface area contributed by atoms with E-state index in [0.29, 0.717) is 17.8 Å². The van der Waals surface area contributed by atoms with Crippen LogP contribution < -0.4 is 5.32 Å². The number of rotatable bonds is 5. The van der Waals surface area contributed by atoms with Crippen molar-refractivity contribution in [1.29, 1.82) is 0 Å². The summed E-state index contributed by atoms with van der Waals surface area (Å²) < 4.78 is 50.8. The molecule has 25 heavy (non-hydrogen) atoms. The van der Waals surface area contributed by atoms with Gasteiger partial charge in [-0.3, -0.25) is 14.9 Å². The number of hydrogen-bond donors (Lipinski definition) is 1. The van der Waals surface area contributed by atoms with Crippen molar-refractivity contribution in [3.05, 3.63) is 52.1 Å². The fourth-order valence-electron chi connectivity index (χ4n) is 1.63. The highest BCUT2D eigenvalue weighted by Gasteiger charge is 2.32. The van der Waals surface area contributed by atoms with E-state index in [1.165, 1.54) is 0 Å². The van der Waals surface area contributed by atoms with Crippen LogP contribution in [0.25, 0.3) is 0 Å². The number of alkyl halides is 3. The van der Waals surface area contributed by atoms with E-state index < -0.39 is 34.2 Å². The Labute approximate surface area is 141 Å². The van der Waals surface area contributed by atoms with Crippen LogP contribution in [-0.2, 0) is 11.0 Å². The Balaban J connectivity index is 2.00. The van der Waals surface area contributed by atoms with Gasteiger partial charge in [0.25, 0.3) is 0 Å². The molecule has 0 atom stereocenters. The highest BCUT2D eigenvalue weighted by Crippen LogP contribution is 2.28. The molecule has 2 rings (SSSR count). The van der Waals surface area contributed by atoms with Crippen molar-refractivity contribution in [2.45, 2.75) is 11.3 Å². The maximum atomic E-state index is 13.2. The van der Waals surface area contributed by atoms with Gasteiger partial charge in [0.1, 0.15) is 5.69 Å². The first-order valence-corrected chi connectivity index (χ1v) is 7.42. The van der Waals surface area contributed by atoms with Gasteiger partial charge in [0.2, 0.25) is 11.7 Å². The van der Waals surface area contributed by atoms with E-state index in [2.05, 4.69) is 15.3 Å². The van der Waals surface area contributed by atoms with Gasteiger partial charge in [0.05, 0.1) is 10.7 Å². The highest BCUT2D eigenvalue weighted by molar-refractivity contribution is 7.99. The average Bonchev–Trinajstić information content (AvgIpc) is 2.54. The van der Waals surface area contributed by atoms with Crippen LogP contribution in [0.3, 0.4) is 0 Å². The standard InChI is InChI=1S/C13H8F4N4O3S/c14-8-2-1-7(5-9(8)21(23)24)19-11(22)6-25-12-18-4-3-10(20-12)13(15,16)17/h1-5H,6H2,(H,19,22). The summed E-state index contributed by atoms with van der Waals surface area (Å²) in [4.78, 5) is 28.3. The molecule has 0 bridgehead atoms. The first kappa shape index (κ1) is 18.6. The molecule has 0 aliphatic heterocycles. The monoisotopic (exact) mass is 376 g/mol. The summed E-state index contributed by atoms with van der Waals surface area (Å²) in [6.07, 6.45) is -3.72. The van der Waals surface area contributed by atoms with E-state index >= 15 is 0 Å². The van der Waals surface area contributed by atoms with Crippen molar-refractivity contribution >= 4 is 29.0 Å². The molecule has 132 valence electrons. The lowest BCUT2D eigenvalue weighted by molar-refractivity contribution is -0.387. The molecule has 7 nitrogen and oxygen atoms in total. The van der Waals surface area contributed by atoms with Crippen molar-refractivity contribution in [1.82, 2.24) is 9.97 Å². The van der Waals surface area contributed by atoms with Gasteiger partial charge in [0.15, 0.2) is 5.16 Å². The number of carbonyl (C=O) groups is 1. The van der Waals surface area contributed by atoms with Crippen LogP contribution in [0, 0.1) is 15.9 Å². The summed E-state index contributed by atoms with van der Waals surface area (Å²) in [6, 6.07) is 3.46. The Hall–Kier alpha value is -2.76. The molecule has 1 heterocycles. The third-order valence-electron chi connectivity index (χ3n) is 2.68. The summed E-state index contributed by atoms with van der Waals surface area (Å²) in [7, 11) is 0. The molecule has 1 aromatic carbocycles. The quantitative estimate of drug-likeness (QED) is 0.283. The number of benzene rings is 1. The lowest BCUT2D eigenvalue weighted by atomic mass is 10.2. The molecule has 0 saturated carbocycles. The second kappa shape index (κ2) is 7.42. The Kier molecular flexibility index (Phi) is 5.51. The predicted octanol–water partition coefficient (Wildman–Crippen LogP) is 3.27. The van der Waals surface area contributed by atoms with Crippen LogP contribution in [0.2, 0.25) is 0 Å². The molecule has 1 amide bonds. The Morgan fingerprint density at radius 2 is 2.04 bits per heavy atom. The van der Waals surface area contributed by atoms with Crippen molar-refractivity contribution in [3.63, 3.8) is 0 Å². The van der Waals surface area contributed by atoms with E-state index in [9.17, 15) is 32.5 Å². The number of hydrogen-bond acceptors (Lipinski definition) is 6. The van der Waals surface area contributed by atoms with E-state index in [1.807, 2.05) is 0 Å². The Bertz CT molecular complexity index is 816. The molecule has 0 aliphatic carbocycles. The molecule has 12 heteroatoms. The molecule has 0 spiro atoms. The summed E-state index contributed by atoms with van der Waals surface area (Å²) >= 11 is 0.649. The number of carbonyl (C=O) groups excluding carboxylic acids is 1. The summed E-state index contributed by atoms with van der Waals surface area (Å²) in [5.41, 5.74) is -1.98. The number of aromatic nitrogens is 2. The third-order valence-corrected chi connectivity index (χ3v) is 3.54. The van der Waals surface area contributed by atoms with Gasteiger partial charge in [-0.1, -0.05) is 11.8 Å². The molecule has 1 N–H and O–H groups in total. The predicted molar refractivity (Wildman–Crippen MR) is 79.4 cm³/mol. The molecular weight excluding hydrogens is 368 g/mol. The van der Waals surface area contributed by atoms with Gasteiger partial charge in [-0.05, 0) is 18.2 Å². The van der Waals surface area contributed by atoms with Gasteiger partial charge in [-0.25, -0.2) is 9.97 Å². The van der Waals surface area contributed by atoms with Gasteiger partial charge in [-0.2, -0.15) is 17.6 Å². The van der Waals surface area contributed by atoms with Gasteiger partial charge >= 0.3 is 11.9 Å². The maximum Gasteiger partial charge on any atom is 0.433 e. The van der Waals surface area contributed by atoms with Crippen LogP contribution in [0.1, 0.15) is 5.69 Å². The van der Waals surface area contributed by atoms with Crippen molar-refractivity contribution in [2.24, 2.45) is 0 Å². The van der Waals surface area contributed by atoms with Crippen molar-refractivity contribution in [2.75, 3.05) is 11.1 Å². The minimum atomic E-state index is -4.63. The molecule has 0 fully saturated rings. The zero-order valence-corrected chi connectivity index (χ0v) is 12.9. The summed E-state index contributed by atoms with van der Waals surface area (Å²) in [5.74, 6) is -2.08. The third kappa shape index (κ3) is 5.11. The number of nitro groups is 1. The first-order valence-electron chi connectivity index (χ1n) is 6.43. The lowest BCUT2D eigenvalue weighted by Crippen LogP contribution is -2.15. The topological polar surface area (TPSA) is 98.0 Å².